The van der Waals surface area contributed by atoms with E-state index in [0.29, 0.717) is 23.9 Å². The van der Waals surface area contributed by atoms with Gasteiger partial charge in [0.25, 0.3) is 0 Å². The first-order valence-corrected chi connectivity index (χ1v) is 9.90. The predicted octanol–water partition coefficient (Wildman–Crippen LogP) is 3.36. The number of Topliss-reactive ketones (excluding diaryl/α,β-unsaturated/α-hetero) is 1. The number of hydrogen-bond donors (Lipinski definition) is 0. The number of nitrogens with zero attached hydrogens (tertiary/aromatic N) is 1. The SMILES string of the molecule is COC(=O)c1cc(C(=O)COC(=O)C2CCCN2C(=O)OC(C)(C)C)ccc1Br. The van der Waals surface area contributed by atoms with Gasteiger partial charge in [-0.1, -0.05) is 6.07 Å². The van der Waals surface area contributed by atoms with Gasteiger partial charge in [-0.05, 0) is 61.7 Å². The van der Waals surface area contributed by atoms with Crippen LogP contribution in [-0.4, -0.2) is 60.6 Å². The standard InChI is InChI=1S/C20H24BrNO7/c1-20(2,3)29-19(26)22-9-5-6-15(22)18(25)28-11-16(23)12-7-8-14(21)13(10-12)17(24)27-4/h7-8,10,15H,5-6,9,11H2,1-4H3. The summed E-state index contributed by atoms with van der Waals surface area (Å²) in [6, 6.07) is 3.64. The van der Waals surface area contributed by atoms with E-state index in [1.54, 1.807) is 26.8 Å². The van der Waals surface area contributed by atoms with Gasteiger partial charge in [0.1, 0.15) is 11.6 Å². The minimum Gasteiger partial charge on any atom is -0.465 e. The lowest BCUT2D eigenvalue weighted by Gasteiger charge is -2.27. The number of hydrogen-bond acceptors (Lipinski definition) is 7. The van der Waals surface area contributed by atoms with Gasteiger partial charge in [0.15, 0.2) is 12.4 Å². The lowest BCUT2D eigenvalue weighted by atomic mass is 10.1. The normalized spacial score (nSPS) is 16.3. The van der Waals surface area contributed by atoms with Crippen molar-refractivity contribution in [1.29, 1.82) is 0 Å². The highest BCUT2D eigenvalue weighted by Crippen LogP contribution is 2.23. The molecule has 1 aromatic carbocycles. The largest absolute Gasteiger partial charge is 0.465 e. The Morgan fingerprint density at radius 3 is 2.52 bits per heavy atom. The van der Waals surface area contributed by atoms with Crippen LogP contribution >= 0.6 is 15.9 Å². The van der Waals surface area contributed by atoms with Crippen LogP contribution in [0.2, 0.25) is 0 Å². The second-order valence-corrected chi connectivity index (χ2v) is 8.40. The van der Waals surface area contributed by atoms with Crippen molar-refractivity contribution in [3.8, 4) is 0 Å². The molecule has 1 fully saturated rings. The molecule has 0 aromatic heterocycles. The topological polar surface area (TPSA) is 99.2 Å². The van der Waals surface area contributed by atoms with Crippen molar-refractivity contribution < 1.29 is 33.4 Å². The van der Waals surface area contributed by atoms with E-state index in [1.807, 2.05) is 0 Å². The highest BCUT2D eigenvalue weighted by Gasteiger charge is 2.37. The second kappa shape index (κ2) is 9.39. The fourth-order valence-electron chi connectivity index (χ4n) is 2.83. The number of carbonyl (C=O) groups excluding carboxylic acids is 4. The summed E-state index contributed by atoms with van der Waals surface area (Å²) >= 11 is 3.22. The molecule has 1 saturated heterocycles. The predicted molar refractivity (Wildman–Crippen MR) is 107 cm³/mol. The number of esters is 2. The Morgan fingerprint density at radius 1 is 1.21 bits per heavy atom. The summed E-state index contributed by atoms with van der Waals surface area (Å²) < 4.78 is 15.6. The zero-order valence-electron chi connectivity index (χ0n) is 16.8. The maximum atomic E-state index is 12.4. The van der Waals surface area contributed by atoms with Gasteiger partial charge in [0.05, 0.1) is 12.7 Å². The molecule has 29 heavy (non-hydrogen) atoms. The summed E-state index contributed by atoms with van der Waals surface area (Å²) in [6.45, 7) is 5.12. The van der Waals surface area contributed by atoms with Crippen LogP contribution in [0.1, 0.15) is 54.3 Å². The molecule has 2 rings (SSSR count). The van der Waals surface area contributed by atoms with Gasteiger partial charge in [-0.2, -0.15) is 0 Å². The highest BCUT2D eigenvalue weighted by atomic mass is 79.9. The highest BCUT2D eigenvalue weighted by molar-refractivity contribution is 9.10. The molecule has 0 N–H and O–H groups in total. The Balaban J connectivity index is 2.00. The van der Waals surface area contributed by atoms with Gasteiger partial charge in [0, 0.05) is 16.6 Å². The molecular formula is C20H24BrNO7. The maximum Gasteiger partial charge on any atom is 0.411 e. The minimum absolute atomic E-state index is 0.191. The molecule has 1 amide bonds. The third kappa shape index (κ3) is 6.03. The lowest BCUT2D eigenvalue weighted by Crippen LogP contribution is -2.44. The summed E-state index contributed by atoms with van der Waals surface area (Å²) in [7, 11) is 1.24. The van der Waals surface area contributed by atoms with Crippen LogP contribution in [0.3, 0.4) is 0 Å². The first kappa shape index (κ1) is 22.9. The molecule has 1 aliphatic heterocycles. The number of benzene rings is 1. The smallest absolute Gasteiger partial charge is 0.411 e. The van der Waals surface area contributed by atoms with Crippen molar-refractivity contribution in [3.05, 3.63) is 33.8 Å². The van der Waals surface area contributed by atoms with Crippen molar-refractivity contribution in [2.24, 2.45) is 0 Å². The van der Waals surface area contributed by atoms with Crippen LogP contribution < -0.4 is 0 Å². The van der Waals surface area contributed by atoms with E-state index in [0.717, 1.165) is 0 Å². The number of halogens is 1. The molecule has 0 radical (unpaired) electrons. The van der Waals surface area contributed by atoms with Crippen LogP contribution in [-0.2, 0) is 19.0 Å². The monoisotopic (exact) mass is 469 g/mol. The quantitative estimate of drug-likeness (QED) is 0.370. The average Bonchev–Trinajstić information content (AvgIpc) is 3.14. The number of amides is 1. The molecule has 0 aliphatic carbocycles. The van der Waals surface area contributed by atoms with E-state index in [4.69, 9.17) is 9.47 Å². The van der Waals surface area contributed by atoms with E-state index < -0.39 is 42.1 Å². The maximum absolute atomic E-state index is 12.4. The number of methoxy groups -OCH3 is 1. The van der Waals surface area contributed by atoms with Crippen LogP contribution in [0, 0.1) is 0 Å². The number of ether oxygens (including phenoxy) is 3. The average molecular weight is 470 g/mol. The third-order valence-electron chi connectivity index (χ3n) is 4.19. The van der Waals surface area contributed by atoms with E-state index >= 15 is 0 Å². The molecule has 0 spiro atoms. The van der Waals surface area contributed by atoms with E-state index in [1.165, 1.54) is 24.1 Å². The van der Waals surface area contributed by atoms with E-state index in [-0.39, 0.29) is 11.1 Å². The second-order valence-electron chi connectivity index (χ2n) is 7.55. The molecule has 0 bridgehead atoms. The summed E-state index contributed by atoms with van der Waals surface area (Å²) in [6.07, 6.45) is 0.498. The molecule has 1 heterocycles. The Labute approximate surface area is 177 Å². The first-order valence-electron chi connectivity index (χ1n) is 9.11. The van der Waals surface area contributed by atoms with Gasteiger partial charge >= 0.3 is 18.0 Å². The van der Waals surface area contributed by atoms with Crippen molar-refractivity contribution in [3.63, 3.8) is 0 Å². The number of ketones is 1. The molecule has 9 heteroatoms. The summed E-state index contributed by atoms with van der Waals surface area (Å²) in [5, 5.41) is 0. The summed E-state index contributed by atoms with van der Waals surface area (Å²) in [5.41, 5.74) is -0.281. The number of rotatable bonds is 5. The Morgan fingerprint density at radius 2 is 1.90 bits per heavy atom. The lowest BCUT2D eigenvalue weighted by molar-refractivity contribution is -0.147. The van der Waals surface area contributed by atoms with E-state index in [2.05, 4.69) is 20.7 Å². The minimum atomic E-state index is -0.784. The zero-order valence-corrected chi connectivity index (χ0v) is 18.4. The molecule has 1 aliphatic rings. The van der Waals surface area contributed by atoms with Gasteiger partial charge in [0.2, 0.25) is 0 Å². The van der Waals surface area contributed by atoms with Crippen molar-refractivity contribution >= 4 is 39.7 Å². The van der Waals surface area contributed by atoms with Gasteiger partial charge in [-0.25, -0.2) is 14.4 Å². The molecular weight excluding hydrogens is 446 g/mol. The Kier molecular flexibility index (Phi) is 7.40. The van der Waals surface area contributed by atoms with Crippen molar-refractivity contribution in [2.45, 2.75) is 45.3 Å². The van der Waals surface area contributed by atoms with Crippen molar-refractivity contribution in [2.75, 3.05) is 20.3 Å². The zero-order chi connectivity index (χ0) is 21.8. The summed E-state index contributed by atoms with van der Waals surface area (Å²) in [5.74, 6) is -1.73. The molecule has 158 valence electrons. The number of likely N-dealkylation sites (tertiary alicyclic amines) is 1. The Bertz CT molecular complexity index is 816. The van der Waals surface area contributed by atoms with Crippen LogP contribution in [0.25, 0.3) is 0 Å². The molecule has 1 aromatic rings. The first-order chi connectivity index (χ1) is 13.5. The molecule has 1 atom stereocenters. The summed E-state index contributed by atoms with van der Waals surface area (Å²) in [4.78, 5) is 50.2. The fraction of sp³-hybridized carbons (Fsp3) is 0.500. The van der Waals surface area contributed by atoms with Crippen LogP contribution in [0.4, 0.5) is 4.79 Å². The molecule has 1 unspecified atom stereocenters. The van der Waals surface area contributed by atoms with Gasteiger partial charge in [-0.3, -0.25) is 9.69 Å². The Hall–Kier alpha value is -2.42. The fourth-order valence-corrected chi connectivity index (χ4v) is 3.24. The van der Waals surface area contributed by atoms with E-state index in [9.17, 15) is 19.2 Å². The van der Waals surface area contributed by atoms with Gasteiger partial charge in [-0.15, -0.1) is 0 Å². The third-order valence-corrected chi connectivity index (χ3v) is 4.88. The molecule has 8 nitrogen and oxygen atoms in total. The molecule has 0 saturated carbocycles. The van der Waals surface area contributed by atoms with Crippen molar-refractivity contribution in [1.82, 2.24) is 4.90 Å². The number of carbonyl (C=O) groups is 4. The van der Waals surface area contributed by atoms with Crippen LogP contribution in [0.15, 0.2) is 22.7 Å². The van der Waals surface area contributed by atoms with Crippen LogP contribution in [0.5, 0.6) is 0 Å². The van der Waals surface area contributed by atoms with Gasteiger partial charge < -0.3 is 14.2 Å².